The molecule has 0 atom stereocenters. The van der Waals surface area contributed by atoms with Gasteiger partial charge in [-0.15, -0.1) is 0 Å². The van der Waals surface area contributed by atoms with Crippen molar-refractivity contribution >= 4 is 16.2 Å². The van der Waals surface area contributed by atoms with Gasteiger partial charge in [0.25, 0.3) is 10.5 Å². The minimum absolute atomic E-state index is 0.148. The first-order valence-corrected chi connectivity index (χ1v) is 6.45. The molecule has 1 aromatic rings. The Hall–Kier alpha value is -0.803. The van der Waals surface area contributed by atoms with Crippen molar-refractivity contribution in [2.24, 2.45) is 0 Å². The Kier molecular flexibility index (Phi) is 4.39. The quantitative estimate of drug-likeness (QED) is 0.600. The Morgan fingerprint density at radius 1 is 1.24 bits per heavy atom. The summed E-state index contributed by atoms with van der Waals surface area (Å²) in [4.78, 5) is 0. The van der Waals surface area contributed by atoms with Crippen molar-refractivity contribution in [1.29, 1.82) is 0 Å². The summed E-state index contributed by atoms with van der Waals surface area (Å²) < 4.78 is 5.21. The van der Waals surface area contributed by atoms with Gasteiger partial charge < -0.3 is 4.53 Å². The Morgan fingerprint density at radius 3 is 2.24 bits per heavy atom. The fraction of sp³-hybridized carbons (Fsp3) is 0.571. The molecule has 0 aliphatic rings. The first-order chi connectivity index (χ1) is 7.82. The van der Waals surface area contributed by atoms with Crippen LogP contribution in [0.1, 0.15) is 44.4 Å². The smallest absolute Gasteiger partial charge is 0.291 e. The summed E-state index contributed by atoms with van der Waals surface area (Å²) in [6, 6.07) is 4.28. The number of nitrogens with zero attached hydrogens (tertiary/aromatic N) is 1. The van der Waals surface area contributed by atoms with Gasteiger partial charge >= 0.3 is 0 Å². The van der Waals surface area contributed by atoms with Crippen molar-refractivity contribution in [1.82, 2.24) is 0 Å². The molecule has 0 aliphatic heterocycles. The highest BCUT2D eigenvalue weighted by molar-refractivity contribution is 5.98. The molecule has 93 valence electrons. The molecule has 2 nitrogen and oxygen atoms in total. The van der Waals surface area contributed by atoms with Gasteiger partial charge in [0.1, 0.15) is 0 Å². The number of hydrogen-bond donors (Lipinski definition) is 0. The molecule has 0 heterocycles. The van der Waals surface area contributed by atoms with Crippen molar-refractivity contribution in [3.8, 4) is 0 Å². The van der Waals surface area contributed by atoms with Crippen molar-refractivity contribution in [3.63, 3.8) is 0 Å². The van der Waals surface area contributed by atoms with Crippen LogP contribution in [0.25, 0.3) is 0 Å². The van der Waals surface area contributed by atoms with Gasteiger partial charge in [-0.25, -0.2) is 0 Å². The Bertz CT molecular complexity index is 392. The number of aryl methyl sites for hydroxylation is 1. The van der Waals surface area contributed by atoms with Crippen LogP contribution in [0.5, 0.6) is 0 Å². The minimum atomic E-state index is 0.148. The van der Waals surface area contributed by atoms with Gasteiger partial charge in [0.05, 0.1) is 5.69 Å². The lowest BCUT2D eigenvalue weighted by molar-refractivity contribution is 0.312. The van der Waals surface area contributed by atoms with Gasteiger partial charge in [0, 0.05) is 6.54 Å². The van der Waals surface area contributed by atoms with Crippen LogP contribution in [0.2, 0.25) is 0 Å². The van der Waals surface area contributed by atoms with Crippen LogP contribution < -0.4 is 5.06 Å². The Labute approximate surface area is 108 Å². The molecule has 0 amide bonds. The third-order valence-electron chi connectivity index (χ3n) is 3.06. The first kappa shape index (κ1) is 14.3. The summed E-state index contributed by atoms with van der Waals surface area (Å²) in [6.07, 6.45) is 0. The van der Waals surface area contributed by atoms with Gasteiger partial charge in [-0.1, -0.05) is 26.8 Å². The van der Waals surface area contributed by atoms with Crippen LogP contribution in [0.3, 0.4) is 0 Å². The first-order valence-electron chi connectivity index (χ1n) is 6.04. The van der Waals surface area contributed by atoms with Gasteiger partial charge in [-0.3, -0.25) is 5.06 Å². The molecule has 0 spiro atoms. The maximum Gasteiger partial charge on any atom is 0.291 e. The standard InChI is InChI=1S/C14H22NOSi/c1-7-15(16-17)12-9-8-10(2)13(11(12)3)14(4,5)6/h8-9H,7H2,1-6H3. The molecule has 3 radical (unpaired) electrons. The van der Waals surface area contributed by atoms with E-state index >= 15 is 0 Å². The fourth-order valence-corrected chi connectivity index (χ4v) is 2.77. The minimum Gasteiger partial charge on any atom is -0.322 e. The van der Waals surface area contributed by atoms with Crippen LogP contribution in [-0.2, 0) is 9.94 Å². The highest BCUT2D eigenvalue weighted by atomic mass is 28.2. The maximum atomic E-state index is 5.21. The molecular formula is C14H22NOSi. The predicted molar refractivity (Wildman–Crippen MR) is 74.5 cm³/mol. The van der Waals surface area contributed by atoms with E-state index in [9.17, 15) is 0 Å². The fourth-order valence-electron chi connectivity index (χ4n) is 2.54. The van der Waals surface area contributed by atoms with Crippen molar-refractivity contribution < 1.29 is 4.53 Å². The molecule has 3 heteroatoms. The summed E-state index contributed by atoms with van der Waals surface area (Å²) in [5.41, 5.74) is 5.30. The monoisotopic (exact) mass is 248 g/mol. The molecule has 0 fully saturated rings. The lowest BCUT2D eigenvalue weighted by atomic mass is 9.80. The average Bonchev–Trinajstić information content (AvgIpc) is 2.21. The highest BCUT2D eigenvalue weighted by Gasteiger charge is 2.21. The SMILES string of the molecule is CCN(O[Si])c1ccc(C)c(C(C)(C)C)c1C. The highest BCUT2D eigenvalue weighted by Crippen LogP contribution is 2.34. The summed E-state index contributed by atoms with van der Waals surface area (Å²) in [5, 5.41) is 1.85. The summed E-state index contributed by atoms with van der Waals surface area (Å²) >= 11 is 0. The van der Waals surface area contributed by atoms with E-state index in [1.54, 1.807) is 0 Å². The molecule has 0 unspecified atom stereocenters. The number of rotatable bonds is 3. The zero-order valence-corrected chi connectivity index (χ0v) is 12.7. The van der Waals surface area contributed by atoms with Crippen LogP contribution in [-0.4, -0.2) is 17.0 Å². The number of hydrogen-bond acceptors (Lipinski definition) is 2. The molecule has 17 heavy (non-hydrogen) atoms. The summed E-state index contributed by atoms with van der Waals surface area (Å²) in [7, 11) is 3.12. The van der Waals surface area contributed by atoms with Crippen molar-refractivity contribution in [3.05, 3.63) is 28.8 Å². The second-order valence-corrected chi connectivity index (χ2v) is 5.62. The predicted octanol–water partition coefficient (Wildman–Crippen LogP) is 3.44. The summed E-state index contributed by atoms with van der Waals surface area (Å²) in [5.74, 6) is 0. The van der Waals surface area contributed by atoms with E-state index in [4.69, 9.17) is 4.53 Å². The van der Waals surface area contributed by atoms with Gasteiger partial charge in [-0.2, -0.15) is 0 Å². The zero-order chi connectivity index (χ0) is 13.2. The van der Waals surface area contributed by atoms with Crippen LogP contribution in [0.4, 0.5) is 5.69 Å². The van der Waals surface area contributed by atoms with Gasteiger partial charge in [0.15, 0.2) is 0 Å². The second-order valence-electron chi connectivity index (χ2n) is 5.44. The topological polar surface area (TPSA) is 12.5 Å². The van der Waals surface area contributed by atoms with E-state index < -0.39 is 0 Å². The number of anilines is 1. The maximum absolute atomic E-state index is 5.21. The van der Waals surface area contributed by atoms with Crippen LogP contribution in [0, 0.1) is 13.8 Å². The molecule has 0 bridgehead atoms. The van der Waals surface area contributed by atoms with Gasteiger partial charge in [0.2, 0.25) is 0 Å². The molecular weight excluding hydrogens is 226 g/mol. The second kappa shape index (κ2) is 5.23. The zero-order valence-electron chi connectivity index (χ0n) is 11.7. The van der Waals surface area contributed by atoms with Crippen LogP contribution in [0.15, 0.2) is 12.1 Å². The van der Waals surface area contributed by atoms with E-state index in [-0.39, 0.29) is 5.41 Å². The molecule has 1 rings (SSSR count). The van der Waals surface area contributed by atoms with E-state index in [1.165, 1.54) is 16.7 Å². The third kappa shape index (κ3) is 2.90. The largest absolute Gasteiger partial charge is 0.322 e. The van der Waals surface area contributed by atoms with Gasteiger partial charge in [-0.05, 0) is 48.9 Å². The molecule has 0 aromatic heterocycles. The van der Waals surface area contributed by atoms with Crippen molar-refractivity contribution in [2.45, 2.75) is 47.0 Å². The normalized spacial score (nSPS) is 11.7. The van der Waals surface area contributed by atoms with E-state index in [2.05, 4.69) is 64.2 Å². The summed E-state index contributed by atoms with van der Waals surface area (Å²) in [6.45, 7) is 13.9. The average molecular weight is 248 g/mol. The molecule has 0 aliphatic carbocycles. The molecule has 0 saturated carbocycles. The van der Waals surface area contributed by atoms with Crippen LogP contribution >= 0.6 is 0 Å². The Morgan fingerprint density at radius 2 is 1.82 bits per heavy atom. The Balaban J connectivity index is 3.38. The van der Waals surface area contributed by atoms with E-state index in [1.807, 2.05) is 5.06 Å². The van der Waals surface area contributed by atoms with E-state index in [0.717, 1.165) is 12.2 Å². The molecule has 0 N–H and O–H groups in total. The molecule has 0 saturated heterocycles. The van der Waals surface area contributed by atoms with E-state index in [0.29, 0.717) is 0 Å². The third-order valence-corrected chi connectivity index (χ3v) is 3.28. The molecule has 1 aromatic carbocycles. The number of benzene rings is 1. The lowest BCUT2D eigenvalue weighted by Crippen LogP contribution is -2.24. The van der Waals surface area contributed by atoms with Crippen molar-refractivity contribution in [2.75, 3.05) is 11.6 Å². The lowest BCUT2D eigenvalue weighted by Gasteiger charge is -2.29. The number of hydroxylamine groups is 1.